The molecule has 2 aromatic carbocycles. The fourth-order valence-electron chi connectivity index (χ4n) is 3.46. The maximum atomic E-state index is 11.8. The van der Waals surface area contributed by atoms with Crippen LogP contribution in [-0.2, 0) is 29.7 Å². The van der Waals surface area contributed by atoms with Crippen LogP contribution in [0.2, 0.25) is 0 Å². The van der Waals surface area contributed by atoms with Gasteiger partial charge in [-0.3, -0.25) is 9.89 Å². The summed E-state index contributed by atoms with van der Waals surface area (Å²) in [6.45, 7) is 4.68. The minimum absolute atomic E-state index is 0.254. The fourth-order valence-corrected chi connectivity index (χ4v) is 4.19. The van der Waals surface area contributed by atoms with Gasteiger partial charge < -0.3 is 10.6 Å². The molecule has 3 N–H and O–H groups in total. The Hall–Kier alpha value is -2.42. The number of hydrogen-bond donors (Lipinski definition) is 3. The first-order valence-electron chi connectivity index (χ1n) is 10.3. The zero-order valence-corrected chi connectivity index (χ0v) is 18.5. The van der Waals surface area contributed by atoms with Gasteiger partial charge in [-0.05, 0) is 61.8 Å². The number of benzene rings is 2. The lowest BCUT2D eigenvalue weighted by molar-refractivity contribution is 0.331. The number of aliphatic imine (C=N–C) groups is 1. The Labute approximate surface area is 179 Å². The number of likely N-dealkylation sites (tertiary alicyclic amines) is 1. The van der Waals surface area contributed by atoms with Crippen molar-refractivity contribution in [1.82, 2.24) is 20.3 Å². The van der Waals surface area contributed by atoms with Crippen LogP contribution in [0.25, 0.3) is 0 Å². The van der Waals surface area contributed by atoms with Crippen molar-refractivity contribution in [2.75, 3.05) is 27.2 Å². The summed E-state index contributed by atoms with van der Waals surface area (Å²) < 4.78 is 25.9. The molecule has 0 radical (unpaired) electrons. The van der Waals surface area contributed by atoms with Gasteiger partial charge in [0.2, 0.25) is 10.0 Å². The van der Waals surface area contributed by atoms with Gasteiger partial charge in [0.1, 0.15) is 0 Å². The highest BCUT2D eigenvalue weighted by molar-refractivity contribution is 7.89. The Bertz CT molecular complexity index is 934. The van der Waals surface area contributed by atoms with E-state index in [1.54, 1.807) is 31.3 Å². The van der Waals surface area contributed by atoms with Crippen LogP contribution in [0.3, 0.4) is 0 Å². The molecule has 1 aliphatic heterocycles. The van der Waals surface area contributed by atoms with Crippen molar-refractivity contribution >= 4 is 16.0 Å². The van der Waals surface area contributed by atoms with Crippen LogP contribution in [0.15, 0.2) is 58.4 Å². The predicted octanol–water partition coefficient (Wildman–Crippen LogP) is 2.06. The fraction of sp³-hybridized carbons (Fsp3) is 0.409. The second-order valence-electron chi connectivity index (χ2n) is 7.43. The summed E-state index contributed by atoms with van der Waals surface area (Å²) in [5.74, 6) is 0.697. The molecule has 30 heavy (non-hydrogen) atoms. The molecule has 0 aromatic heterocycles. The van der Waals surface area contributed by atoms with E-state index < -0.39 is 10.0 Å². The van der Waals surface area contributed by atoms with Crippen molar-refractivity contribution in [3.63, 3.8) is 0 Å². The van der Waals surface area contributed by atoms with Gasteiger partial charge in [0.15, 0.2) is 5.96 Å². The van der Waals surface area contributed by atoms with Gasteiger partial charge in [-0.1, -0.05) is 36.4 Å². The minimum atomic E-state index is -3.41. The second kappa shape index (κ2) is 10.6. The number of nitrogens with zero attached hydrogens (tertiary/aromatic N) is 2. The lowest BCUT2D eigenvalue weighted by atomic mass is 10.1. The molecule has 2 aromatic rings. The Morgan fingerprint density at radius 1 is 0.900 bits per heavy atom. The van der Waals surface area contributed by atoms with Gasteiger partial charge in [-0.2, -0.15) is 0 Å². The molecule has 0 saturated carbocycles. The summed E-state index contributed by atoms with van der Waals surface area (Å²) in [4.78, 5) is 7.01. The van der Waals surface area contributed by atoms with Crippen LogP contribution in [-0.4, -0.2) is 46.5 Å². The Morgan fingerprint density at radius 3 is 1.90 bits per heavy atom. The molecule has 1 fully saturated rings. The van der Waals surface area contributed by atoms with Crippen LogP contribution in [0.5, 0.6) is 0 Å². The van der Waals surface area contributed by atoms with Gasteiger partial charge in [-0.15, -0.1) is 0 Å². The lowest BCUT2D eigenvalue weighted by Gasteiger charge is -2.15. The van der Waals surface area contributed by atoms with Crippen molar-refractivity contribution in [2.24, 2.45) is 4.99 Å². The monoisotopic (exact) mass is 429 g/mol. The van der Waals surface area contributed by atoms with Gasteiger partial charge >= 0.3 is 0 Å². The van der Waals surface area contributed by atoms with Crippen molar-refractivity contribution in [3.8, 4) is 0 Å². The van der Waals surface area contributed by atoms with Crippen molar-refractivity contribution in [2.45, 2.75) is 37.4 Å². The zero-order valence-electron chi connectivity index (χ0n) is 17.7. The van der Waals surface area contributed by atoms with Crippen LogP contribution in [0, 0.1) is 0 Å². The molecular weight excluding hydrogens is 398 g/mol. The van der Waals surface area contributed by atoms with Gasteiger partial charge in [0.05, 0.1) is 4.90 Å². The molecule has 0 amide bonds. The standard InChI is InChI=1S/C22H31N5O2S/c1-23-22(26-16-19-9-11-21(12-10-19)30(28,29)24-2)25-15-18-5-7-20(8-6-18)17-27-13-3-4-14-27/h5-12,24H,3-4,13-17H2,1-2H3,(H2,23,25,26). The first kappa shape index (κ1) is 22.3. The quantitative estimate of drug-likeness (QED) is 0.442. The van der Waals surface area contributed by atoms with Crippen LogP contribution >= 0.6 is 0 Å². The molecule has 0 bridgehead atoms. The first-order chi connectivity index (χ1) is 14.5. The van der Waals surface area contributed by atoms with E-state index in [4.69, 9.17) is 0 Å². The largest absolute Gasteiger partial charge is 0.352 e. The second-order valence-corrected chi connectivity index (χ2v) is 9.32. The summed E-state index contributed by atoms with van der Waals surface area (Å²) in [7, 11) is -0.272. The first-order valence-corrected chi connectivity index (χ1v) is 11.8. The Kier molecular flexibility index (Phi) is 7.84. The average Bonchev–Trinajstić information content (AvgIpc) is 3.28. The van der Waals surface area contributed by atoms with Crippen molar-refractivity contribution < 1.29 is 8.42 Å². The van der Waals surface area contributed by atoms with E-state index in [1.807, 2.05) is 0 Å². The van der Waals surface area contributed by atoms with E-state index in [1.165, 1.54) is 44.1 Å². The maximum absolute atomic E-state index is 11.8. The van der Waals surface area contributed by atoms with Gasteiger partial charge in [-0.25, -0.2) is 13.1 Å². The number of rotatable bonds is 8. The Balaban J connectivity index is 1.46. The average molecular weight is 430 g/mol. The lowest BCUT2D eigenvalue weighted by Crippen LogP contribution is -2.36. The van der Waals surface area contributed by atoms with E-state index in [0.29, 0.717) is 19.0 Å². The Morgan fingerprint density at radius 2 is 1.40 bits per heavy atom. The van der Waals surface area contributed by atoms with E-state index in [9.17, 15) is 8.42 Å². The molecule has 162 valence electrons. The van der Waals surface area contributed by atoms with E-state index in [0.717, 1.165) is 12.1 Å². The maximum Gasteiger partial charge on any atom is 0.240 e. The van der Waals surface area contributed by atoms with Crippen LogP contribution in [0.4, 0.5) is 0 Å². The molecule has 8 heteroatoms. The molecule has 0 aliphatic carbocycles. The topological polar surface area (TPSA) is 85.8 Å². The number of guanidine groups is 1. The molecule has 0 atom stereocenters. The highest BCUT2D eigenvalue weighted by Crippen LogP contribution is 2.13. The third-order valence-corrected chi connectivity index (χ3v) is 6.70. The van der Waals surface area contributed by atoms with E-state index >= 15 is 0 Å². The molecular formula is C22H31N5O2S. The molecule has 3 rings (SSSR count). The number of nitrogens with one attached hydrogen (secondary N) is 3. The molecule has 1 saturated heterocycles. The van der Waals surface area contributed by atoms with Crippen molar-refractivity contribution in [3.05, 3.63) is 65.2 Å². The van der Waals surface area contributed by atoms with Crippen LogP contribution in [0.1, 0.15) is 29.5 Å². The minimum Gasteiger partial charge on any atom is -0.352 e. The molecule has 0 spiro atoms. The van der Waals surface area contributed by atoms with E-state index in [-0.39, 0.29) is 4.90 Å². The third kappa shape index (κ3) is 6.29. The van der Waals surface area contributed by atoms with Gasteiger partial charge in [0, 0.05) is 26.7 Å². The van der Waals surface area contributed by atoms with Gasteiger partial charge in [0.25, 0.3) is 0 Å². The molecule has 0 unspecified atom stereocenters. The zero-order chi connectivity index (χ0) is 21.4. The molecule has 1 heterocycles. The molecule has 7 nitrogen and oxygen atoms in total. The number of sulfonamides is 1. The molecule has 1 aliphatic rings. The number of hydrogen-bond acceptors (Lipinski definition) is 4. The van der Waals surface area contributed by atoms with Crippen LogP contribution < -0.4 is 15.4 Å². The normalized spacial score (nSPS) is 15.3. The highest BCUT2D eigenvalue weighted by Gasteiger charge is 2.12. The SMILES string of the molecule is CN=C(NCc1ccc(CN2CCCC2)cc1)NCc1ccc(S(=O)(=O)NC)cc1. The summed E-state index contributed by atoms with van der Waals surface area (Å²) in [5.41, 5.74) is 3.52. The third-order valence-electron chi connectivity index (χ3n) is 5.27. The predicted molar refractivity (Wildman–Crippen MR) is 121 cm³/mol. The van der Waals surface area contributed by atoms with Crippen molar-refractivity contribution in [1.29, 1.82) is 0 Å². The summed E-state index contributed by atoms with van der Waals surface area (Å²) in [5, 5.41) is 6.57. The van der Waals surface area contributed by atoms with E-state index in [2.05, 4.69) is 49.5 Å². The smallest absolute Gasteiger partial charge is 0.240 e. The summed E-state index contributed by atoms with van der Waals surface area (Å²) in [6, 6.07) is 15.5. The highest BCUT2D eigenvalue weighted by atomic mass is 32.2. The summed E-state index contributed by atoms with van der Waals surface area (Å²) >= 11 is 0. The summed E-state index contributed by atoms with van der Waals surface area (Å²) in [6.07, 6.45) is 2.63.